The van der Waals surface area contributed by atoms with Gasteiger partial charge in [0, 0.05) is 32.3 Å². The summed E-state index contributed by atoms with van der Waals surface area (Å²) in [4.78, 5) is 0. The van der Waals surface area contributed by atoms with Gasteiger partial charge in [0.1, 0.15) is 0 Å². The SMILES string of the molecule is OCCCn1cc(CNCCCCC(F)(F)F)nn1. The van der Waals surface area contributed by atoms with Crippen LogP contribution >= 0.6 is 0 Å². The van der Waals surface area contributed by atoms with Gasteiger partial charge in [-0.1, -0.05) is 5.21 Å². The topological polar surface area (TPSA) is 63.0 Å². The largest absolute Gasteiger partial charge is 0.396 e. The molecule has 0 aliphatic carbocycles. The summed E-state index contributed by atoms with van der Waals surface area (Å²) in [5.74, 6) is 0. The van der Waals surface area contributed by atoms with Gasteiger partial charge in [0.25, 0.3) is 0 Å². The first-order valence-electron chi connectivity index (χ1n) is 6.28. The van der Waals surface area contributed by atoms with Crippen LogP contribution in [0.1, 0.15) is 31.4 Å². The summed E-state index contributed by atoms with van der Waals surface area (Å²) in [5, 5.41) is 19.5. The van der Waals surface area contributed by atoms with E-state index in [0.29, 0.717) is 32.5 Å². The van der Waals surface area contributed by atoms with Crippen LogP contribution in [0.2, 0.25) is 0 Å². The molecule has 110 valence electrons. The number of hydrogen-bond donors (Lipinski definition) is 2. The highest BCUT2D eigenvalue weighted by atomic mass is 19.4. The van der Waals surface area contributed by atoms with Gasteiger partial charge < -0.3 is 10.4 Å². The molecule has 0 aliphatic heterocycles. The molecule has 1 rings (SSSR count). The molecule has 0 radical (unpaired) electrons. The van der Waals surface area contributed by atoms with Gasteiger partial charge >= 0.3 is 6.18 Å². The third kappa shape index (κ3) is 7.78. The number of aliphatic hydroxyl groups excluding tert-OH is 1. The fourth-order valence-corrected chi connectivity index (χ4v) is 1.55. The van der Waals surface area contributed by atoms with Gasteiger partial charge in [0.05, 0.1) is 5.69 Å². The molecule has 1 heterocycles. The Kier molecular flexibility index (Phi) is 6.79. The van der Waals surface area contributed by atoms with Crippen molar-refractivity contribution in [3.8, 4) is 0 Å². The highest BCUT2D eigenvalue weighted by Crippen LogP contribution is 2.21. The summed E-state index contributed by atoms with van der Waals surface area (Å²) in [6, 6.07) is 0. The van der Waals surface area contributed by atoms with Crippen molar-refractivity contribution < 1.29 is 18.3 Å². The second-order valence-corrected chi connectivity index (χ2v) is 4.30. The Bertz CT molecular complexity index is 354. The Hall–Kier alpha value is -1.15. The number of rotatable bonds is 9. The van der Waals surface area contributed by atoms with E-state index in [9.17, 15) is 13.2 Å². The van der Waals surface area contributed by atoms with Gasteiger partial charge in [0.2, 0.25) is 0 Å². The molecule has 1 aromatic rings. The van der Waals surface area contributed by atoms with Crippen LogP contribution in [0.25, 0.3) is 0 Å². The first-order valence-corrected chi connectivity index (χ1v) is 6.28. The lowest BCUT2D eigenvalue weighted by Gasteiger charge is -2.05. The van der Waals surface area contributed by atoms with Crippen molar-refractivity contribution in [2.75, 3.05) is 13.2 Å². The minimum atomic E-state index is -4.06. The van der Waals surface area contributed by atoms with Crippen molar-refractivity contribution in [3.05, 3.63) is 11.9 Å². The Labute approximate surface area is 109 Å². The monoisotopic (exact) mass is 280 g/mol. The summed E-state index contributed by atoms with van der Waals surface area (Å²) in [5.41, 5.74) is 0.744. The fraction of sp³-hybridized carbons (Fsp3) is 0.818. The maximum Gasteiger partial charge on any atom is 0.389 e. The summed E-state index contributed by atoms with van der Waals surface area (Å²) in [6.07, 6.45) is -1.79. The molecule has 5 nitrogen and oxygen atoms in total. The molecule has 0 saturated carbocycles. The molecule has 8 heteroatoms. The number of nitrogens with one attached hydrogen (secondary N) is 1. The van der Waals surface area contributed by atoms with E-state index >= 15 is 0 Å². The normalized spacial score (nSPS) is 12.0. The Balaban J connectivity index is 2.07. The Morgan fingerprint density at radius 2 is 2.05 bits per heavy atom. The average molecular weight is 280 g/mol. The first kappa shape index (κ1) is 15.9. The molecule has 0 atom stereocenters. The third-order valence-corrected chi connectivity index (χ3v) is 2.50. The number of aryl methyl sites for hydroxylation is 1. The van der Waals surface area contributed by atoms with Crippen molar-refractivity contribution >= 4 is 0 Å². The third-order valence-electron chi connectivity index (χ3n) is 2.50. The van der Waals surface area contributed by atoms with Crippen molar-refractivity contribution in [2.45, 2.75) is 44.9 Å². The molecule has 0 bridgehead atoms. The summed E-state index contributed by atoms with van der Waals surface area (Å²) < 4.78 is 37.3. The maximum absolute atomic E-state index is 11.9. The predicted molar refractivity (Wildman–Crippen MR) is 63.3 cm³/mol. The van der Waals surface area contributed by atoms with E-state index in [4.69, 9.17) is 5.11 Å². The molecule has 19 heavy (non-hydrogen) atoms. The lowest BCUT2D eigenvalue weighted by Crippen LogP contribution is -2.16. The van der Waals surface area contributed by atoms with Gasteiger partial charge in [-0.05, 0) is 25.8 Å². The minimum absolute atomic E-state index is 0.104. The van der Waals surface area contributed by atoms with Crippen LogP contribution in [0.4, 0.5) is 13.2 Å². The van der Waals surface area contributed by atoms with Crippen LogP contribution in [0.15, 0.2) is 6.20 Å². The first-order chi connectivity index (χ1) is 9.01. The quantitative estimate of drug-likeness (QED) is 0.673. The molecule has 1 aromatic heterocycles. The lowest BCUT2D eigenvalue weighted by molar-refractivity contribution is -0.135. The number of nitrogens with zero attached hydrogens (tertiary/aromatic N) is 3. The second kappa shape index (κ2) is 8.11. The van der Waals surface area contributed by atoms with Crippen molar-refractivity contribution in [1.29, 1.82) is 0 Å². The Morgan fingerprint density at radius 3 is 2.74 bits per heavy atom. The van der Waals surface area contributed by atoms with Gasteiger partial charge in [-0.25, -0.2) is 0 Å². The van der Waals surface area contributed by atoms with Crippen LogP contribution in [0, 0.1) is 0 Å². The molecule has 0 aliphatic rings. The smallest absolute Gasteiger partial charge is 0.389 e. The highest BCUT2D eigenvalue weighted by Gasteiger charge is 2.25. The lowest BCUT2D eigenvalue weighted by atomic mass is 10.2. The zero-order valence-electron chi connectivity index (χ0n) is 10.7. The van der Waals surface area contributed by atoms with E-state index in [0.717, 1.165) is 5.69 Å². The van der Waals surface area contributed by atoms with Gasteiger partial charge in [0.15, 0.2) is 0 Å². The minimum Gasteiger partial charge on any atom is -0.396 e. The van der Waals surface area contributed by atoms with Crippen molar-refractivity contribution in [3.63, 3.8) is 0 Å². The molecular formula is C11H19F3N4O. The Morgan fingerprint density at radius 1 is 1.26 bits per heavy atom. The number of hydrogen-bond acceptors (Lipinski definition) is 4. The number of aromatic nitrogens is 3. The number of halogens is 3. The molecular weight excluding hydrogens is 261 g/mol. The maximum atomic E-state index is 11.9. The van der Waals surface area contributed by atoms with E-state index in [1.165, 1.54) is 0 Å². The fourth-order valence-electron chi connectivity index (χ4n) is 1.55. The van der Waals surface area contributed by atoms with Crippen molar-refractivity contribution in [2.24, 2.45) is 0 Å². The van der Waals surface area contributed by atoms with E-state index in [2.05, 4.69) is 15.6 Å². The van der Waals surface area contributed by atoms with Crippen LogP contribution < -0.4 is 5.32 Å². The van der Waals surface area contributed by atoms with Crippen LogP contribution in [0.3, 0.4) is 0 Å². The number of unbranched alkanes of at least 4 members (excludes halogenated alkanes) is 1. The predicted octanol–water partition coefficient (Wildman–Crippen LogP) is 1.48. The van der Waals surface area contributed by atoms with Crippen LogP contribution in [0.5, 0.6) is 0 Å². The second-order valence-electron chi connectivity index (χ2n) is 4.30. The standard InChI is InChI=1S/C11H19F3N4O/c12-11(13,14)4-1-2-5-15-8-10-9-18(17-16-10)6-3-7-19/h9,15,19H,1-8H2. The molecule has 0 aromatic carbocycles. The molecule has 0 spiro atoms. The van der Waals surface area contributed by atoms with Gasteiger partial charge in [-0.2, -0.15) is 13.2 Å². The summed E-state index contributed by atoms with van der Waals surface area (Å²) >= 11 is 0. The highest BCUT2D eigenvalue weighted by molar-refractivity contribution is 4.91. The average Bonchev–Trinajstić information content (AvgIpc) is 2.77. The van der Waals surface area contributed by atoms with Crippen LogP contribution in [-0.4, -0.2) is 39.4 Å². The van der Waals surface area contributed by atoms with E-state index in [1.807, 2.05) is 0 Å². The molecule has 0 saturated heterocycles. The summed E-state index contributed by atoms with van der Waals surface area (Å²) in [7, 11) is 0. The van der Waals surface area contributed by atoms with E-state index in [1.54, 1.807) is 10.9 Å². The van der Waals surface area contributed by atoms with Crippen LogP contribution in [-0.2, 0) is 13.1 Å². The number of alkyl halides is 3. The molecule has 0 fully saturated rings. The van der Waals surface area contributed by atoms with Gasteiger partial charge in [-0.15, -0.1) is 5.10 Å². The number of aliphatic hydroxyl groups is 1. The molecule has 2 N–H and O–H groups in total. The zero-order chi connectivity index (χ0) is 14.1. The molecule has 0 amide bonds. The van der Waals surface area contributed by atoms with E-state index < -0.39 is 12.6 Å². The zero-order valence-corrected chi connectivity index (χ0v) is 10.7. The molecule has 0 unspecified atom stereocenters. The summed E-state index contributed by atoms with van der Waals surface area (Å²) in [6.45, 7) is 1.73. The van der Waals surface area contributed by atoms with Gasteiger partial charge in [-0.3, -0.25) is 4.68 Å². The van der Waals surface area contributed by atoms with E-state index in [-0.39, 0.29) is 13.0 Å². The van der Waals surface area contributed by atoms with Crippen molar-refractivity contribution in [1.82, 2.24) is 20.3 Å².